The predicted molar refractivity (Wildman–Crippen MR) is 139 cm³/mol. The van der Waals surface area contributed by atoms with Gasteiger partial charge in [0.2, 0.25) is 0 Å². The highest BCUT2D eigenvalue weighted by Gasteiger charge is 2.28. The summed E-state index contributed by atoms with van der Waals surface area (Å²) in [5, 5.41) is 1.68. The lowest BCUT2D eigenvalue weighted by Gasteiger charge is -2.21. The van der Waals surface area contributed by atoms with Gasteiger partial charge in [-0.1, -0.05) is 78.9 Å². The highest BCUT2D eigenvalue weighted by molar-refractivity contribution is 7.78. The van der Waals surface area contributed by atoms with Gasteiger partial charge in [0, 0.05) is 28.2 Å². The number of hydrogen-bond donors (Lipinski definition) is 0. The van der Waals surface area contributed by atoms with Crippen molar-refractivity contribution in [2.75, 3.05) is 52.1 Å². The van der Waals surface area contributed by atoms with E-state index < -0.39 is 7.14 Å². The van der Waals surface area contributed by atoms with Crippen LogP contribution in [0.4, 0.5) is 0 Å². The van der Waals surface area contributed by atoms with Crippen molar-refractivity contribution in [1.29, 1.82) is 0 Å². The summed E-state index contributed by atoms with van der Waals surface area (Å²) < 4.78 is 36.7. The SMILES string of the molecule is O=P(Cc1ccccc1OCCOCCOCCOCCCl)(c1ccccc1)c1ccccc1. The Kier molecular flexibility index (Phi) is 11.7. The van der Waals surface area contributed by atoms with Crippen LogP contribution in [0.25, 0.3) is 0 Å². The molecule has 0 saturated heterocycles. The summed E-state index contributed by atoms with van der Waals surface area (Å²) >= 11 is 5.54. The van der Waals surface area contributed by atoms with Crippen LogP contribution < -0.4 is 15.3 Å². The number of benzene rings is 3. The normalized spacial score (nSPS) is 11.4. The number of ether oxygens (including phenoxy) is 4. The molecule has 0 heterocycles. The van der Waals surface area contributed by atoms with Crippen LogP contribution in [-0.4, -0.2) is 52.1 Å². The van der Waals surface area contributed by atoms with Gasteiger partial charge in [-0.25, -0.2) is 0 Å². The Morgan fingerprint density at radius 3 is 1.62 bits per heavy atom. The third kappa shape index (κ3) is 8.26. The van der Waals surface area contributed by atoms with E-state index >= 15 is 0 Å². The van der Waals surface area contributed by atoms with Crippen LogP contribution in [0.1, 0.15) is 5.56 Å². The second-order valence-electron chi connectivity index (χ2n) is 7.55. The van der Waals surface area contributed by atoms with E-state index in [2.05, 4.69) is 0 Å². The van der Waals surface area contributed by atoms with Gasteiger partial charge < -0.3 is 23.5 Å². The Labute approximate surface area is 207 Å². The largest absolute Gasteiger partial charge is 0.491 e. The van der Waals surface area contributed by atoms with Crippen molar-refractivity contribution in [2.24, 2.45) is 0 Å². The Morgan fingerprint density at radius 2 is 1.06 bits per heavy atom. The molecule has 3 aromatic rings. The van der Waals surface area contributed by atoms with E-state index in [1.165, 1.54) is 0 Å². The van der Waals surface area contributed by atoms with Crippen LogP contribution in [0.15, 0.2) is 84.9 Å². The summed E-state index contributed by atoms with van der Waals surface area (Å²) in [6.45, 7) is 3.41. The molecule has 34 heavy (non-hydrogen) atoms. The molecule has 0 fully saturated rings. The molecule has 0 N–H and O–H groups in total. The quantitative estimate of drug-likeness (QED) is 0.159. The van der Waals surface area contributed by atoms with E-state index in [4.69, 9.17) is 30.5 Å². The van der Waals surface area contributed by atoms with E-state index in [0.29, 0.717) is 58.3 Å². The summed E-state index contributed by atoms with van der Waals surface area (Å²) in [6.07, 6.45) is 0.387. The minimum absolute atomic E-state index is 0.387. The minimum Gasteiger partial charge on any atom is -0.491 e. The number of alkyl halides is 1. The van der Waals surface area contributed by atoms with Crippen molar-refractivity contribution >= 4 is 29.4 Å². The standard InChI is InChI=1S/C27H32ClO5P/c28-15-16-30-17-18-31-19-20-32-21-22-33-27-14-8-7-9-24(27)23-34(29,25-10-3-1-4-11-25)26-12-5-2-6-13-26/h1-14H,15-23H2. The summed E-state index contributed by atoms with van der Waals surface area (Å²) in [5.41, 5.74) is 0.916. The van der Waals surface area contributed by atoms with Crippen LogP contribution in [0.5, 0.6) is 5.75 Å². The maximum atomic E-state index is 14.4. The molecule has 0 aliphatic heterocycles. The fourth-order valence-corrected chi connectivity index (χ4v) is 6.31. The molecule has 0 spiro atoms. The first-order valence-electron chi connectivity index (χ1n) is 11.4. The Balaban J connectivity index is 1.55. The van der Waals surface area contributed by atoms with E-state index in [0.717, 1.165) is 21.9 Å². The van der Waals surface area contributed by atoms with Crippen LogP contribution >= 0.6 is 18.7 Å². The molecule has 0 aliphatic rings. The minimum atomic E-state index is -2.89. The molecule has 0 aromatic heterocycles. The van der Waals surface area contributed by atoms with Crippen molar-refractivity contribution in [3.8, 4) is 5.75 Å². The van der Waals surface area contributed by atoms with Gasteiger partial charge >= 0.3 is 0 Å². The van der Waals surface area contributed by atoms with Gasteiger partial charge in [0.05, 0.1) is 39.6 Å². The first-order chi connectivity index (χ1) is 16.7. The zero-order valence-electron chi connectivity index (χ0n) is 19.3. The van der Waals surface area contributed by atoms with E-state index in [1.54, 1.807) is 0 Å². The number of para-hydroxylation sites is 1. The Morgan fingerprint density at radius 1 is 0.588 bits per heavy atom. The first kappa shape index (κ1) is 26.5. The summed E-state index contributed by atoms with van der Waals surface area (Å²) in [6, 6.07) is 27.2. The van der Waals surface area contributed by atoms with E-state index in [1.807, 2.05) is 84.9 Å². The molecule has 0 aliphatic carbocycles. The smallest absolute Gasteiger partial charge is 0.147 e. The van der Waals surface area contributed by atoms with Gasteiger partial charge in [-0.15, -0.1) is 11.6 Å². The van der Waals surface area contributed by atoms with Crippen LogP contribution in [0.2, 0.25) is 0 Å². The molecular formula is C27H32ClO5P. The van der Waals surface area contributed by atoms with Crippen LogP contribution in [-0.2, 0) is 24.9 Å². The molecule has 3 rings (SSSR count). The fraction of sp³-hybridized carbons (Fsp3) is 0.333. The third-order valence-electron chi connectivity index (χ3n) is 5.16. The van der Waals surface area contributed by atoms with Crippen molar-refractivity contribution in [3.05, 3.63) is 90.5 Å². The second kappa shape index (κ2) is 15.0. The summed E-state index contributed by atoms with van der Waals surface area (Å²) in [4.78, 5) is 0. The van der Waals surface area contributed by atoms with Crippen LogP contribution in [0, 0.1) is 0 Å². The van der Waals surface area contributed by atoms with Gasteiger partial charge in [-0.05, 0) is 6.07 Å². The molecule has 0 unspecified atom stereocenters. The average molecular weight is 503 g/mol. The maximum Gasteiger partial charge on any atom is 0.147 e. The van der Waals surface area contributed by atoms with Crippen molar-refractivity contribution in [3.63, 3.8) is 0 Å². The molecular weight excluding hydrogens is 471 g/mol. The zero-order chi connectivity index (χ0) is 23.9. The lowest BCUT2D eigenvalue weighted by molar-refractivity contribution is 0.0116. The highest BCUT2D eigenvalue weighted by atomic mass is 35.5. The van der Waals surface area contributed by atoms with Gasteiger partial charge in [0.15, 0.2) is 0 Å². The summed E-state index contributed by atoms with van der Waals surface area (Å²) in [5.74, 6) is 1.22. The molecule has 0 radical (unpaired) electrons. The van der Waals surface area contributed by atoms with E-state index in [9.17, 15) is 4.57 Å². The van der Waals surface area contributed by atoms with Crippen molar-refractivity contribution in [2.45, 2.75) is 6.16 Å². The molecule has 182 valence electrons. The number of hydrogen-bond acceptors (Lipinski definition) is 5. The molecule has 3 aromatic carbocycles. The zero-order valence-corrected chi connectivity index (χ0v) is 21.0. The van der Waals surface area contributed by atoms with Crippen LogP contribution in [0.3, 0.4) is 0 Å². The van der Waals surface area contributed by atoms with Gasteiger partial charge in [-0.2, -0.15) is 0 Å². The topological polar surface area (TPSA) is 54.0 Å². The number of rotatable bonds is 16. The Bertz CT molecular complexity index is 957. The molecule has 0 amide bonds. The second-order valence-corrected chi connectivity index (χ2v) is 10.8. The highest BCUT2D eigenvalue weighted by Crippen LogP contribution is 2.48. The van der Waals surface area contributed by atoms with Gasteiger partial charge in [-0.3, -0.25) is 0 Å². The molecule has 0 saturated carbocycles. The van der Waals surface area contributed by atoms with Gasteiger partial charge in [0.25, 0.3) is 0 Å². The predicted octanol–water partition coefficient (Wildman–Crippen LogP) is 4.87. The van der Waals surface area contributed by atoms with E-state index in [-0.39, 0.29) is 0 Å². The fourth-order valence-electron chi connectivity index (χ4n) is 3.49. The lowest BCUT2D eigenvalue weighted by atomic mass is 10.2. The summed E-state index contributed by atoms with van der Waals surface area (Å²) in [7, 11) is -2.89. The average Bonchev–Trinajstić information content (AvgIpc) is 2.89. The number of halogens is 1. The van der Waals surface area contributed by atoms with Gasteiger partial charge in [0.1, 0.15) is 19.5 Å². The monoisotopic (exact) mass is 502 g/mol. The van der Waals surface area contributed by atoms with Crippen molar-refractivity contribution in [1.82, 2.24) is 0 Å². The molecule has 0 bridgehead atoms. The molecule has 7 heteroatoms. The lowest BCUT2D eigenvalue weighted by Crippen LogP contribution is -2.18. The third-order valence-corrected chi connectivity index (χ3v) is 8.37. The van der Waals surface area contributed by atoms with Crippen molar-refractivity contribution < 1.29 is 23.5 Å². The Hall–Kier alpha value is -2.14. The molecule has 0 atom stereocenters. The maximum absolute atomic E-state index is 14.4. The molecule has 5 nitrogen and oxygen atoms in total. The first-order valence-corrected chi connectivity index (χ1v) is 13.9.